The lowest BCUT2D eigenvalue weighted by atomic mass is 10.2. The summed E-state index contributed by atoms with van der Waals surface area (Å²) >= 11 is 0. The molecule has 2 saturated heterocycles. The van der Waals surface area contributed by atoms with Crippen LogP contribution in [0.3, 0.4) is 0 Å². The first-order valence-corrected chi connectivity index (χ1v) is 32.4. The average Bonchev–Trinajstić information content (AvgIpc) is 2.11. The molecule has 2 heterocycles. The highest BCUT2D eigenvalue weighted by atomic mass is 16.6. The summed E-state index contributed by atoms with van der Waals surface area (Å²) < 4.78 is 40.3. The van der Waals surface area contributed by atoms with Gasteiger partial charge in [0.2, 0.25) is 0 Å². The van der Waals surface area contributed by atoms with Gasteiger partial charge in [0.1, 0.15) is 40.2 Å². The molecule has 0 bridgehead atoms. The highest BCUT2D eigenvalue weighted by Crippen LogP contribution is 2.16. The zero-order chi connectivity index (χ0) is 68.5. The Balaban J connectivity index is 2.02. The minimum Gasteiger partial charge on any atom is -0.459 e. The molecule has 2 aliphatic heterocycles. The molecule has 2 aliphatic rings. The van der Waals surface area contributed by atoms with E-state index in [2.05, 4.69) is 0 Å². The second kappa shape index (κ2) is 37.1. The van der Waals surface area contributed by atoms with E-state index < -0.39 is 87.7 Å². The summed E-state index contributed by atoms with van der Waals surface area (Å²) in [5.74, 6) is -2.52. The molecule has 2 N–H and O–H groups in total. The monoisotopic (exact) mass is 1290 g/mol. The molecule has 0 radical (unpaired) electrons. The summed E-state index contributed by atoms with van der Waals surface area (Å²) in [5, 5.41) is 24.4. The number of esters is 6. The van der Waals surface area contributed by atoms with Crippen molar-refractivity contribution in [3.05, 3.63) is 35.9 Å². The normalized spacial score (nSPS) is 18.4. The third-order valence-electron chi connectivity index (χ3n) is 13.8. The fraction of sp³-hybridized carbons (Fsp3) is 0.803. The molecule has 2 fully saturated rings. The maximum absolute atomic E-state index is 14.4. The van der Waals surface area contributed by atoms with Crippen molar-refractivity contribution in [2.75, 3.05) is 170 Å². The number of hydrogen-bond acceptors (Lipinski definition) is 24. The predicted molar refractivity (Wildman–Crippen MR) is 347 cm³/mol. The fourth-order valence-corrected chi connectivity index (χ4v) is 10.1. The molecule has 522 valence electrons. The predicted octanol–water partition coefficient (Wildman–Crippen LogP) is 3.84. The van der Waals surface area contributed by atoms with Gasteiger partial charge < -0.3 is 48.3 Å². The van der Waals surface area contributed by atoms with E-state index in [1.54, 1.807) is 125 Å². The summed E-state index contributed by atoms with van der Waals surface area (Å²) in [5.41, 5.74) is -3.65. The number of rotatable bonds is 22. The van der Waals surface area contributed by atoms with Gasteiger partial charge in [-0.15, -0.1) is 0 Å². The zero-order valence-electron chi connectivity index (χ0n) is 58.8. The lowest BCUT2D eigenvalue weighted by Gasteiger charge is -2.36. The van der Waals surface area contributed by atoms with Crippen molar-refractivity contribution in [1.82, 2.24) is 44.1 Å². The Kier molecular flexibility index (Phi) is 32.7. The van der Waals surface area contributed by atoms with Crippen molar-refractivity contribution in [3.63, 3.8) is 0 Å². The zero-order valence-corrected chi connectivity index (χ0v) is 58.8. The molecule has 25 nitrogen and oxygen atoms in total. The van der Waals surface area contributed by atoms with Crippen molar-refractivity contribution in [2.45, 2.75) is 177 Å². The van der Waals surface area contributed by atoms with Gasteiger partial charge in [0.15, 0.2) is 0 Å². The second-order valence-electron chi connectivity index (χ2n) is 30.0. The summed E-state index contributed by atoms with van der Waals surface area (Å²) in [7, 11) is 0. The molecule has 2 atom stereocenters. The van der Waals surface area contributed by atoms with Crippen LogP contribution >= 0.6 is 0 Å². The van der Waals surface area contributed by atoms with Crippen molar-refractivity contribution in [2.24, 2.45) is 0 Å². The van der Waals surface area contributed by atoms with Gasteiger partial charge in [-0.1, -0.05) is 30.3 Å². The summed E-state index contributed by atoms with van der Waals surface area (Å²) in [4.78, 5) is 112. The smallest absolute Gasteiger partial charge is 0.410 e. The minimum atomic E-state index is -1.20. The Morgan fingerprint density at radius 2 is 0.549 bits per heavy atom. The van der Waals surface area contributed by atoms with Crippen LogP contribution in [-0.4, -0.2) is 312 Å². The number of aliphatic hydroxyl groups is 2. The first-order valence-electron chi connectivity index (χ1n) is 32.4. The van der Waals surface area contributed by atoms with E-state index in [0.29, 0.717) is 105 Å². The van der Waals surface area contributed by atoms with Gasteiger partial charge in [0.25, 0.3) is 0 Å². The van der Waals surface area contributed by atoms with Crippen molar-refractivity contribution < 1.29 is 76.9 Å². The maximum atomic E-state index is 14.4. The number of nitrogens with zero attached hydrogens (tertiary/aromatic N) is 9. The molecule has 2 unspecified atom stereocenters. The van der Waals surface area contributed by atoms with Crippen LogP contribution in [0.15, 0.2) is 30.3 Å². The van der Waals surface area contributed by atoms with E-state index in [0.717, 1.165) is 5.56 Å². The molecule has 0 saturated carbocycles. The van der Waals surface area contributed by atoms with Crippen LogP contribution in [0.1, 0.15) is 130 Å². The number of benzene rings is 1. The van der Waals surface area contributed by atoms with Gasteiger partial charge in [-0.25, -0.2) is 4.79 Å². The quantitative estimate of drug-likeness (QED) is 0.124. The van der Waals surface area contributed by atoms with Gasteiger partial charge in [0.05, 0.1) is 64.6 Å². The highest BCUT2D eigenvalue weighted by molar-refractivity contribution is 5.74. The number of aliphatic hydroxyl groups excluding tert-OH is 2. The standard InChI is InChI=1S/C66H117N9O16/c1-61(2,3)86-54(78)44-69-28-24-67(25-29-70(45-55(79)87-62(4,5)6)33-37-73(36-32-69)48-58(82)90-65(13,14)15)40-52(76)42-75(60(84)85-50-51-22-20-19-21-23-51)43-53(77)41-68-26-30-71(46-56(80)88-63(7,8)9)34-38-74(49-59(83)91-66(16,17)18)39-35-72(31-27-68)47-57(81)89-64(10,11)12/h19-23,52-53,76-77H,24-50H2,1-18H3. The first kappa shape index (κ1) is 80.1. The summed E-state index contributed by atoms with van der Waals surface area (Å²) in [6, 6.07) is 9.15. The summed E-state index contributed by atoms with van der Waals surface area (Å²) in [6.45, 7) is 37.3. The van der Waals surface area contributed by atoms with Crippen LogP contribution in [0.2, 0.25) is 0 Å². The van der Waals surface area contributed by atoms with Crippen LogP contribution in [0.5, 0.6) is 0 Å². The summed E-state index contributed by atoms with van der Waals surface area (Å²) in [6.07, 6.45) is -3.17. The van der Waals surface area contributed by atoms with Crippen LogP contribution in [0.25, 0.3) is 0 Å². The molecule has 91 heavy (non-hydrogen) atoms. The molecule has 1 amide bonds. The van der Waals surface area contributed by atoms with Gasteiger partial charge in [-0.3, -0.25) is 68.0 Å². The van der Waals surface area contributed by atoms with Crippen molar-refractivity contribution in [3.8, 4) is 0 Å². The third-order valence-corrected chi connectivity index (χ3v) is 13.8. The SMILES string of the molecule is CC(C)(C)OC(=O)CN1CCN(CC(=O)OC(C)(C)C)CCN(CC(O)CN(CC(O)CN2CCN(CC(=O)OC(C)(C)C)CCN(CC(=O)OC(C)(C)C)CCN(CC(=O)OC(C)(C)C)CC2)C(=O)OCc2ccccc2)CCN(CC(=O)OC(C)(C)C)CC1. The average molecular weight is 1290 g/mol. The minimum absolute atomic E-state index is 0.0189. The van der Waals surface area contributed by atoms with Gasteiger partial charge >= 0.3 is 41.9 Å². The van der Waals surface area contributed by atoms with Crippen molar-refractivity contribution >= 4 is 41.9 Å². The Morgan fingerprint density at radius 3 is 0.747 bits per heavy atom. The van der Waals surface area contributed by atoms with E-state index >= 15 is 0 Å². The number of amides is 1. The molecular weight excluding hydrogens is 1170 g/mol. The molecule has 0 aliphatic carbocycles. The number of carbonyl (C=O) groups excluding carboxylic acids is 7. The molecule has 25 heteroatoms. The molecular formula is C66H117N9O16. The number of ether oxygens (including phenoxy) is 7. The largest absolute Gasteiger partial charge is 0.459 e. The van der Waals surface area contributed by atoms with Gasteiger partial charge in [-0.05, 0) is 130 Å². The highest BCUT2D eigenvalue weighted by Gasteiger charge is 2.31. The van der Waals surface area contributed by atoms with Crippen LogP contribution < -0.4 is 0 Å². The lowest BCUT2D eigenvalue weighted by molar-refractivity contribution is -0.158. The molecule has 1 aromatic carbocycles. The van der Waals surface area contributed by atoms with Crippen molar-refractivity contribution in [1.29, 1.82) is 0 Å². The second-order valence-corrected chi connectivity index (χ2v) is 30.0. The third kappa shape index (κ3) is 39.3. The Labute approximate surface area is 544 Å². The topological polar surface area (TPSA) is 254 Å². The van der Waals surface area contributed by atoms with E-state index in [1.807, 2.05) is 69.5 Å². The Hall–Kier alpha value is -5.09. The van der Waals surface area contributed by atoms with Gasteiger partial charge in [0, 0.05) is 118 Å². The first-order chi connectivity index (χ1) is 41.9. The van der Waals surface area contributed by atoms with Crippen LogP contribution in [0, 0.1) is 0 Å². The van der Waals surface area contributed by atoms with Crippen LogP contribution in [-0.2, 0) is 68.5 Å². The number of β-amino-alcohol motifs (C(OH)–C–C–N with tert-alkyl or cyclic N) is 2. The van der Waals surface area contributed by atoms with Crippen LogP contribution in [0.4, 0.5) is 4.79 Å². The Morgan fingerprint density at radius 1 is 0.352 bits per heavy atom. The molecule has 1 aromatic rings. The van der Waals surface area contributed by atoms with E-state index in [1.165, 1.54) is 4.90 Å². The van der Waals surface area contributed by atoms with E-state index in [-0.39, 0.29) is 72.1 Å². The van der Waals surface area contributed by atoms with E-state index in [9.17, 15) is 43.8 Å². The fourth-order valence-electron chi connectivity index (χ4n) is 10.1. The van der Waals surface area contributed by atoms with E-state index in [4.69, 9.17) is 33.2 Å². The molecule has 0 spiro atoms. The molecule has 3 rings (SSSR count). The number of carbonyl (C=O) groups is 7. The number of hydrogen-bond donors (Lipinski definition) is 2. The lowest BCUT2D eigenvalue weighted by Crippen LogP contribution is -2.52. The maximum Gasteiger partial charge on any atom is 0.410 e. The van der Waals surface area contributed by atoms with Gasteiger partial charge in [-0.2, -0.15) is 0 Å². The Bertz CT molecular complexity index is 2170. The molecule has 0 aromatic heterocycles.